The maximum absolute atomic E-state index is 6.00. The van der Waals surface area contributed by atoms with Gasteiger partial charge < -0.3 is 15.2 Å². The van der Waals surface area contributed by atoms with Crippen molar-refractivity contribution in [1.82, 2.24) is 4.90 Å². The van der Waals surface area contributed by atoms with Crippen LogP contribution < -0.4 is 15.2 Å². The molecule has 2 atom stereocenters. The van der Waals surface area contributed by atoms with E-state index in [4.69, 9.17) is 15.2 Å². The molecule has 1 aromatic rings. The lowest BCUT2D eigenvalue weighted by Crippen LogP contribution is -2.30. The molecular formula is C15H24N2O2. The van der Waals surface area contributed by atoms with Gasteiger partial charge in [-0.05, 0) is 37.1 Å². The van der Waals surface area contributed by atoms with Crippen LogP contribution in [0.25, 0.3) is 0 Å². The average molecular weight is 264 g/mol. The number of nitrogens with two attached hydrogens (primary N) is 1. The minimum atomic E-state index is 0.311. The van der Waals surface area contributed by atoms with Gasteiger partial charge in [-0.3, -0.25) is 4.90 Å². The molecule has 106 valence electrons. The molecule has 0 saturated carbocycles. The molecule has 2 N–H and O–H groups in total. The van der Waals surface area contributed by atoms with Gasteiger partial charge in [0.05, 0.1) is 6.61 Å². The van der Waals surface area contributed by atoms with Crippen LogP contribution in [0.15, 0.2) is 24.3 Å². The average Bonchev–Trinajstić information content (AvgIpc) is 2.71. The number of hydrogen-bond acceptors (Lipinski definition) is 4. The Bertz CT molecular complexity index is 370. The molecular weight excluding hydrogens is 240 g/mol. The van der Waals surface area contributed by atoms with Crippen LogP contribution in [0, 0.1) is 5.92 Å². The van der Waals surface area contributed by atoms with E-state index in [2.05, 4.69) is 11.8 Å². The van der Waals surface area contributed by atoms with E-state index >= 15 is 0 Å². The largest absolute Gasteiger partial charge is 0.494 e. The maximum Gasteiger partial charge on any atom is 0.119 e. The predicted octanol–water partition coefficient (Wildman–Crippen LogP) is 1.74. The van der Waals surface area contributed by atoms with E-state index in [1.807, 2.05) is 31.2 Å². The Kier molecular flexibility index (Phi) is 5.05. The molecule has 1 aliphatic heterocycles. The molecule has 2 rings (SSSR count). The number of rotatable bonds is 6. The molecule has 0 amide bonds. The molecule has 1 aliphatic rings. The highest BCUT2D eigenvalue weighted by Gasteiger charge is 2.25. The fraction of sp³-hybridized carbons (Fsp3) is 0.600. The summed E-state index contributed by atoms with van der Waals surface area (Å²) in [6.45, 7) is 8.57. The molecule has 0 spiro atoms. The lowest BCUT2D eigenvalue weighted by molar-refractivity contribution is 0.233. The Morgan fingerprint density at radius 1 is 1.16 bits per heavy atom. The van der Waals surface area contributed by atoms with Crippen LogP contribution in [0.1, 0.15) is 13.8 Å². The van der Waals surface area contributed by atoms with Gasteiger partial charge >= 0.3 is 0 Å². The molecule has 0 aliphatic carbocycles. The second kappa shape index (κ2) is 6.78. The van der Waals surface area contributed by atoms with E-state index in [0.717, 1.165) is 31.1 Å². The Morgan fingerprint density at radius 3 is 2.32 bits per heavy atom. The van der Waals surface area contributed by atoms with Gasteiger partial charge in [0, 0.05) is 25.7 Å². The van der Waals surface area contributed by atoms with Crippen LogP contribution in [0.5, 0.6) is 11.5 Å². The first kappa shape index (κ1) is 14.2. The number of benzene rings is 1. The molecule has 1 saturated heterocycles. The molecule has 1 heterocycles. The topological polar surface area (TPSA) is 47.7 Å². The third kappa shape index (κ3) is 4.11. The molecule has 19 heavy (non-hydrogen) atoms. The van der Waals surface area contributed by atoms with Gasteiger partial charge in [-0.25, -0.2) is 0 Å². The second-order valence-electron chi connectivity index (χ2n) is 5.15. The summed E-state index contributed by atoms with van der Waals surface area (Å²) in [6.07, 6.45) is 0. The van der Waals surface area contributed by atoms with Crippen LogP contribution >= 0.6 is 0 Å². The van der Waals surface area contributed by atoms with Crippen LogP contribution in [0.4, 0.5) is 0 Å². The first-order valence-corrected chi connectivity index (χ1v) is 7.02. The quantitative estimate of drug-likeness (QED) is 0.850. The third-order valence-electron chi connectivity index (χ3n) is 3.56. The van der Waals surface area contributed by atoms with E-state index in [0.29, 0.717) is 25.2 Å². The van der Waals surface area contributed by atoms with E-state index < -0.39 is 0 Å². The van der Waals surface area contributed by atoms with Crippen LogP contribution in [-0.4, -0.2) is 43.8 Å². The standard InChI is InChI=1S/C15H24N2O2/c1-3-18-13-4-6-14(7-5-13)19-9-8-17-10-12(2)15(16)11-17/h4-7,12,15H,3,8-11,16H2,1-2H3. The highest BCUT2D eigenvalue weighted by molar-refractivity contribution is 5.31. The van der Waals surface area contributed by atoms with E-state index in [1.165, 1.54) is 0 Å². The third-order valence-corrected chi connectivity index (χ3v) is 3.56. The van der Waals surface area contributed by atoms with Gasteiger partial charge in [-0.15, -0.1) is 0 Å². The summed E-state index contributed by atoms with van der Waals surface area (Å²) in [5.74, 6) is 2.36. The molecule has 4 heteroatoms. The minimum Gasteiger partial charge on any atom is -0.494 e. The van der Waals surface area contributed by atoms with E-state index in [1.54, 1.807) is 0 Å². The Hall–Kier alpha value is -1.26. The second-order valence-corrected chi connectivity index (χ2v) is 5.15. The lowest BCUT2D eigenvalue weighted by Gasteiger charge is -2.15. The molecule has 1 fully saturated rings. The normalized spacial score (nSPS) is 23.5. The zero-order chi connectivity index (χ0) is 13.7. The van der Waals surface area contributed by atoms with Crippen molar-refractivity contribution >= 4 is 0 Å². The monoisotopic (exact) mass is 264 g/mol. The van der Waals surface area contributed by atoms with Crippen LogP contribution in [-0.2, 0) is 0 Å². The first-order chi connectivity index (χ1) is 9.19. The number of ether oxygens (including phenoxy) is 2. The van der Waals surface area contributed by atoms with Crippen molar-refractivity contribution in [3.05, 3.63) is 24.3 Å². The minimum absolute atomic E-state index is 0.311. The van der Waals surface area contributed by atoms with Gasteiger partial charge in [0.15, 0.2) is 0 Å². The maximum atomic E-state index is 6.00. The Morgan fingerprint density at radius 2 is 1.79 bits per heavy atom. The van der Waals surface area contributed by atoms with Gasteiger partial charge in [0.1, 0.15) is 18.1 Å². The predicted molar refractivity (Wildman–Crippen MR) is 76.7 cm³/mol. The molecule has 0 aromatic heterocycles. The molecule has 1 aromatic carbocycles. The Balaban J connectivity index is 1.71. The fourth-order valence-corrected chi connectivity index (χ4v) is 2.37. The first-order valence-electron chi connectivity index (χ1n) is 7.02. The van der Waals surface area contributed by atoms with Crippen molar-refractivity contribution in [2.24, 2.45) is 11.7 Å². The number of nitrogens with zero attached hydrogens (tertiary/aromatic N) is 1. The van der Waals surface area contributed by atoms with Gasteiger partial charge in [0.2, 0.25) is 0 Å². The van der Waals surface area contributed by atoms with Gasteiger partial charge in [-0.1, -0.05) is 6.92 Å². The van der Waals surface area contributed by atoms with Crippen molar-refractivity contribution in [1.29, 1.82) is 0 Å². The summed E-state index contributed by atoms with van der Waals surface area (Å²) in [4.78, 5) is 2.36. The van der Waals surface area contributed by atoms with Crippen molar-refractivity contribution in [2.45, 2.75) is 19.9 Å². The highest BCUT2D eigenvalue weighted by atomic mass is 16.5. The number of hydrogen-bond donors (Lipinski definition) is 1. The number of likely N-dealkylation sites (tertiary alicyclic amines) is 1. The SMILES string of the molecule is CCOc1ccc(OCCN2CC(C)C(N)C2)cc1. The van der Waals surface area contributed by atoms with Crippen LogP contribution in [0.2, 0.25) is 0 Å². The Labute approximate surface area is 115 Å². The van der Waals surface area contributed by atoms with Crippen molar-refractivity contribution in [2.75, 3.05) is 32.8 Å². The molecule has 0 bridgehead atoms. The zero-order valence-electron chi connectivity index (χ0n) is 11.8. The summed E-state index contributed by atoms with van der Waals surface area (Å²) in [5.41, 5.74) is 6.00. The molecule has 2 unspecified atom stereocenters. The van der Waals surface area contributed by atoms with E-state index in [-0.39, 0.29) is 0 Å². The summed E-state index contributed by atoms with van der Waals surface area (Å²) < 4.78 is 11.1. The highest BCUT2D eigenvalue weighted by Crippen LogP contribution is 2.18. The summed E-state index contributed by atoms with van der Waals surface area (Å²) >= 11 is 0. The van der Waals surface area contributed by atoms with Crippen molar-refractivity contribution < 1.29 is 9.47 Å². The lowest BCUT2D eigenvalue weighted by atomic mass is 10.1. The van der Waals surface area contributed by atoms with E-state index in [9.17, 15) is 0 Å². The fourth-order valence-electron chi connectivity index (χ4n) is 2.37. The molecule has 0 radical (unpaired) electrons. The smallest absolute Gasteiger partial charge is 0.119 e. The summed E-state index contributed by atoms with van der Waals surface area (Å²) in [7, 11) is 0. The zero-order valence-corrected chi connectivity index (χ0v) is 11.8. The summed E-state index contributed by atoms with van der Waals surface area (Å²) in [6, 6.07) is 8.08. The van der Waals surface area contributed by atoms with Crippen molar-refractivity contribution in [3.63, 3.8) is 0 Å². The van der Waals surface area contributed by atoms with Gasteiger partial charge in [-0.2, -0.15) is 0 Å². The van der Waals surface area contributed by atoms with Crippen LogP contribution in [0.3, 0.4) is 0 Å². The summed E-state index contributed by atoms with van der Waals surface area (Å²) in [5, 5.41) is 0. The van der Waals surface area contributed by atoms with Gasteiger partial charge in [0.25, 0.3) is 0 Å². The van der Waals surface area contributed by atoms with Crippen molar-refractivity contribution in [3.8, 4) is 11.5 Å². The molecule has 4 nitrogen and oxygen atoms in total.